The number of benzene rings is 1. The summed E-state index contributed by atoms with van der Waals surface area (Å²) in [6, 6.07) is 8.10. The van der Waals surface area contributed by atoms with Crippen LogP contribution in [0.15, 0.2) is 42.1 Å². The van der Waals surface area contributed by atoms with Crippen molar-refractivity contribution in [2.75, 3.05) is 0 Å². The zero-order chi connectivity index (χ0) is 12.5. The molecule has 0 radical (unpaired) electrons. The summed E-state index contributed by atoms with van der Waals surface area (Å²) in [5, 5.41) is 1.17. The van der Waals surface area contributed by atoms with Crippen molar-refractivity contribution in [1.29, 1.82) is 0 Å². The fourth-order valence-electron chi connectivity index (χ4n) is 2.71. The van der Waals surface area contributed by atoms with E-state index in [1.807, 2.05) is 29.0 Å². The summed E-state index contributed by atoms with van der Waals surface area (Å²) < 4.78 is 1.81. The smallest absolute Gasteiger partial charge is 0.257 e. The third kappa shape index (κ3) is 1.78. The normalized spacial score (nSPS) is 15.7. The Kier molecular flexibility index (Phi) is 2.78. The molecule has 2 nitrogen and oxygen atoms in total. The van der Waals surface area contributed by atoms with Crippen molar-refractivity contribution in [3.05, 3.63) is 47.7 Å². The van der Waals surface area contributed by atoms with Gasteiger partial charge < -0.3 is 0 Å². The molecular formula is C16H17NO. The Labute approximate surface area is 107 Å². The number of carbonyl (C=O) groups excluding carboxylic acids is 1. The van der Waals surface area contributed by atoms with Crippen LogP contribution in [-0.4, -0.2) is 10.5 Å². The monoisotopic (exact) mass is 239 g/mol. The van der Waals surface area contributed by atoms with Crippen LogP contribution < -0.4 is 0 Å². The summed E-state index contributed by atoms with van der Waals surface area (Å²) >= 11 is 0. The number of hydrogen-bond donors (Lipinski definition) is 0. The first-order chi connectivity index (χ1) is 8.77. The molecular weight excluding hydrogens is 222 g/mol. The first kappa shape index (κ1) is 11.3. The van der Waals surface area contributed by atoms with Crippen molar-refractivity contribution < 1.29 is 4.79 Å². The molecule has 1 aromatic carbocycles. The van der Waals surface area contributed by atoms with Gasteiger partial charge in [0.2, 0.25) is 0 Å². The van der Waals surface area contributed by atoms with Crippen LogP contribution in [-0.2, 0) is 0 Å². The number of aryl methyl sites for hydroxylation is 1. The van der Waals surface area contributed by atoms with Crippen LogP contribution in [0.25, 0.3) is 10.9 Å². The lowest BCUT2D eigenvalue weighted by Gasteiger charge is -2.12. The van der Waals surface area contributed by atoms with Gasteiger partial charge in [-0.2, -0.15) is 0 Å². The Bertz CT molecular complexity index is 634. The van der Waals surface area contributed by atoms with E-state index < -0.39 is 0 Å². The minimum atomic E-state index is 0.152. The number of hydrogen-bond acceptors (Lipinski definition) is 1. The maximum atomic E-state index is 12.5. The predicted molar refractivity (Wildman–Crippen MR) is 73.9 cm³/mol. The summed E-state index contributed by atoms with van der Waals surface area (Å²) in [5.74, 6) is 0.152. The van der Waals surface area contributed by atoms with Gasteiger partial charge in [-0.1, -0.05) is 24.3 Å². The van der Waals surface area contributed by atoms with Crippen LogP contribution >= 0.6 is 0 Å². The summed E-state index contributed by atoms with van der Waals surface area (Å²) in [6.07, 6.45) is 8.38. The lowest BCUT2D eigenvalue weighted by Crippen LogP contribution is -2.13. The first-order valence-corrected chi connectivity index (χ1v) is 6.58. The van der Waals surface area contributed by atoms with Gasteiger partial charge in [-0.15, -0.1) is 0 Å². The van der Waals surface area contributed by atoms with Crippen molar-refractivity contribution in [1.82, 2.24) is 4.57 Å². The Morgan fingerprint density at radius 3 is 2.83 bits per heavy atom. The highest BCUT2D eigenvalue weighted by atomic mass is 16.2. The number of para-hydroxylation sites is 1. The number of rotatable bonds is 1. The lowest BCUT2D eigenvalue weighted by atomic mass is 9.99. The van der Waals surface area contributed by atoms with E-state index in [2.05, 4.69) is 19.1 Å². The molecule has 3 rings (SSSR count). The summed E-state index contributed by atoms with van der Waals surface area (Å²) in [7, 11) is 0. The molecule has 1 aliphatic carbocycles. The van der Waals surface area contributed by atoms with E-state index in [1.165, 1.54) is 11.8 Å². The maximum absolute atomic E-state index is 12.5. The van der Waals surface area contributed by atoms with E-state index in [-0.39, 0.29) is 5.91 Å². The van der Waals surface area contributed by atoms with Gasteiger partial charge in [0.25, 0.3) is 5.91 Å². The minimum absolute atomic E-state index is 0.152. The van der Waals surface area contributed by atoms with E-state index in [4.69, 9.17) is 0 Å². The predicted octanol–water partition coefficient (Wildman–Crippen LogP) is 4.09. The Morgan fingerprint density at radius 2 is 2.06 bits per heavy atom. The van der Waals surface area contributed by atoms with Gasteiger partial charge in [0.05, 0.1) is 5.52 Å². The summed E-state index contributed by atoms with van der Waals surface area (Å²) in [5.41, 5.74) is 3.16. The highest BCUT2D eigenvalue weighted by Gasteiger charge is 2.16. The molecule has 0 spiro atoms. The highest BCUT2D eigenvalue weighted by Crippen LogP contribution is 2.24. The second kappa shape index (κ2) is 4.45. The lowest BCUT2D eigenvalue weighted by molar-refractivity contribution is 0.0954. The van der Waals surface area contributed by atoms with Crippen molar-refractivity contribution in [3.8, 4) is 0 Å². The van der Waals surface area contributed by atoms with Crippen LogP contribution in [0.5, 0.6) is 0 Å². The van der Waals surface area contributed by atoms with E-state index in [0.29, 0.717) is 0 Å². The highest BCUT2D eigenvalue weighted by molar-refractivity contribution is 6.02. The average molecular weight is 239 g/mol. The van der Waals surface area contributed by atoms with Crippen LogP contribution in [0.2, 0.25) is 0 Å². The molecule has 0 amide bonds. The van der Waals surface area contributed by atoms with Gasteiger partial charge in [0.1, 0.15) is 0 Å². The molecule has 1 heterocycles. The van der Waals surface area contributed by atoms with Crippen molar-refractivity contribution >= 4 is 16.8 Å². The zero-order valence-corrected chi connectivity index (χ0v) is 10.6. The molecule has 0 aliphatic heterocycles. The molecule has 0 atom stereocenters. The molecule has 2 aromatic rings. The zero-order valence-electron chi connectivity index (χ0n) is 10.6. The molecule has 0 saturated carbocycles. The van der Waals surface area contributed by atoms with Crippen molar-refractivity contribution in [2.45, 2.75) is 32.6 Å². The Hall–Kier alpha value is -1.83. The fourth-order valence-corrected chi connectivity index (χ4v) is 2.71. The van der Waals surface area contributed by atoms with Crippen LogP contribution in [0, 0.1) is 6.92 Å². The summed E-state index contributed by atoms with van der Waals surface area (Å²) in [6.45, 7) is 2.06. The molecule has 1 aromatic heterocycles. The van der Waals surface area contributed by atoms with Crippen LogP contribution in [0.4, 0.5) is 0 Å². The number of fused-ring (bicyclic) bond motifs is 1. The molecule has 1 aliphatic rings. The summed E-state index contributed by atoms with van der Waals surface area (Å²) in [4.78, 5) is 12.5. The largest absolute Gasteiger partial charge is 0.283 e. The maximum Gasteiger partial charge on any atom is 0.257 e. The third-order valence-corrected chi connectivity index (χ3v) is 3.70. The van der Waals surface area contributed by atoms with Gasteiger partial charge >= 0.3 is 0 Å². The SMILES string of the molecule is Cc1cn(C(=O)C2=CCCCC2)c2ccccc12. The molecule has 0 N–H and O–H groups in total. The van der Waals surface area contributed by atoms with Gasteiger partial charge in [-0.25, -0.2) is 0 Å². The van der Waals surface area contributed by atoms with E-state index >= 15 is 0 Å². The minimum Gasteiger partial charge on any atom is -0.283 e. The van der Waals surface area contributed by atoms with Gasteiger partial charge in [-0.3, -0.25) is 9.36 Å². The van der Waals surface area contributed by atoms with Crippen molar-refractivity contribution in [2.24, 2.45) is 0 Å². The number of allylic oxidation sites excluding steroid dienone is 2. The fraction of sp³-hybridized carbons (Fsp3) is 0.312. The van der Waals surface area contributed by atoms with E-state index in [0.717, 1.165) is 35.9 Å². The van der Waals surface area contributed by atoms with Gasteiger partial charge in [0.15, 0.2) is 0 Å². The standard InChI is InChI=1S/C16H17NO/c1-12-11-17(15-10-6-5-9-14(12)15)16(18)13-7-3-2-4-8-13/h5-7,9-11H,2-4,8H2,1H3. The molecule has 0 fully saturated rings. The molecule has 0 saturated heterocycles. The molecule has 0 unspecified atom stereocenters. The number of nitrogens with zero attached hydrogens (tertiary/aromatic N) is 1. The number of aromatic nitrogens is 1. The topological polar surface area (TPSA) is 22.0 Å². The first-order valence-electron chi connectivity index (χ1n) is 6.58. The van der Waals surface area contributed by atoms with Crippen LogP contribution in [0.3, 0.4) is 0 Å². The number of carbonyl (C=O) groups is 1. The van der Waals surface area contributed by atoms with E-state index in [1.54, 1.807) is 0 Å². The second-order valence-electron chi connectivity index (χ2n) is 4.98. The Balaban J connectivity index is 2.09. The average Bonchev–Trinajstić information content (AvgIpc) is 2.77. The van der Waals surface area contributed by atoms with Crippen molar-refractivity contribution in [3.63, 3.8) is 0 Å². The Morgan fingerprint density at radius 1 is 1.22 bits per heavy atom. The van der Waals surface area contributed by atoms with Gasteiger partial charge in [-0.05, 0) is 44.2 Å². The van der Waals surface area contributed by atoms with Crippen LogP contribution in [0.1, 0.15) is 36.0 Å². The molecule has 0 bridgehead atoms. The van der Waals surface area contributed by atoms with E-state index in [9.17, 15) is 4.79 Å². The third-order valence-electron chi connectivity index (χ3n) is 3.70. The van der Waals surface area contributed by atoms with Gasteiger partial charge in [0, 0.05) is 17.2 Å². The molecule has 92 valence electrons. The molecule has 2 heteroatoms. The second-order valence-corrected chi connectivity index (χ2v) is 4.98. The quantitative estimate of drug-likeness (QED) is 0.734. The molecule has 18 heavy (non-hydrogen) atoms.